The lowest BCUT2D eigenvalue weighted by atomic mass is 10.1. The number of amides is 1. The Labute approximate surface area is 145 Å². The molecule has 2 N–H and O–H groups in total. The van der Waals surface area contributed by atoms with E-state index in [1.54, 1.807) is 12.1 Å². The minimum absolute atomic E-state index is 0. The van der Waals surface area contributed by atoms with Gasteiger partial charge >= 0.3 is 0 Å². The summed E-state index contributed by atoms with van der Waals surface area (Å²) < 4.78 is 0. The number of piperidine rings is 1. The lowest BCUT2D eigenvalue weighted by molar-refractivity contribution is -0.122. The number of rotatable bonds is 4. The van der Waals surface area contributed by atoms with Crippen molar-refractivity contribution in [2.75, 3.05) is 13.1 Å². The summed E-state index contributed by atoms with van der Waals surface area (Å²) in [4.78, 5) is 13.3. The molecule has 0 bridgehead atoms. The van der Waals surface area contributed by atoms with Crippen LogP contribution >= 0.6 is 24.0 Å². The zero-order valence-corrected chi connectivity index (χ0v) is 14.0. The molecule has 1 aromatic heterocycles. The van der Waals surface area contributed by atoms with Crippen molar-refractivity contribution in [2.24, 2.45) is 0 Å². The van der Waals surface area contributed by atoms with Crippen LogP contribution in [0.5, 0.6) is 0 Å². The van der Waals surface area contributed by atoms with E-state index < -0.39 is 0 Å². The van der Waals surface area contributed by atoms with Crippen LogP contribution in [0, 0.1) is 0 Å². The molecule has 0 radical (unpaired) electrons. The average Bonchev–Trinajstić information content (AvgIpc) is 2.97. The van der Waals surface area contributed by atoms with Crippen LogP contribution in [0.3, 0.4) is 0 Å². The fourth-order valence-electron chi connectivity index (χ4n) is 2.40. The minimum atomic E-state index is -0.103. The molecule has 1 fully saturated rings. The summed E-state index contributed by atoms with van der Waals surface area (Å²) in [5.41, 5.74) is 0.813. The third kappa shape index (κ3) is 4.89. The van der Waals surface area contributed by atoms with Gasteiger partial charge < -0.3 is 10.6 Å². The van der Waals surface area contributed by atoms with Crippen LogP contribution in [-0.2, 0) is 11.3 Å². The van der Waals surface area contributed by atoms with Crippen LogP contribution < -0.4 is 10.6 Å². The van der Waals surface area contributed by atoms with Gasteiger partial charge in [0.2, 0.25) is 11.7 Å². The molecular formula is C14H18Cl2N6O. The van der Waals surface area contributed by atoms with Gasteiger partial charge in [-0.1, -0.05) is 11.6 Å². The largest absolute Gasteiger partial charge is 0.350 e. The van der Waals surface area contributed by atoms with Crippen LogP contribution in [0.15, 0.2) is 24.3 Å². The fourth-order valence-corrected chi connectivity index (χ4v) is 2.53. The number of nitrogens with zero attached hydrogens (tertiary/aromatic N) is 4. The molecule has 23 heavy (non-hydrogen) atoms. The third-order valence-corrected chi connectivity index (χ3v) is 3.75. The first-order chi connectivity index (χ1) is 10.7. The molecule has 0 saturated carbocycles. The number of carbonyl (C=O) groups is 1. The van der Waals surface area contributed by atoms with Gasteiger partial charge in [0.1, 0.15) is 6.54 Å². The van der Waals surface area contributed by atoms with E-state index in [-0.39, 0.29) is 30.9 Å². The zero-order valence-electron chi connectivity index (χ0n) is 12.4. The van der Waals surface area contributed by atoms with E-state index >= 15 is 0 Å². The van der Waals surface area contributed by atoms with E-state index in [1.807, 2.05) is 12.1 Å². The molecule has 9 heteroatoms. The number of carbonyl (C=O) groups excluding carboxylic acids is 1. The van der Waals surface area contributed by atoms with Crippen LogP contribution in [0.1, 0.15) is 12.8 Å². The number of benzene rings is 1. The van der Waals surface area contributed by atoms with Crippen molar-refractivity contribution in [1.29, 1.82) is 0 Å². The second-order valence-corrected chi connectivity index (χ2v) is 5.70. The summed E-state index contributed by atoms with van der Waals surface area (Å²) in [6, 6.07) is 7.34. The van der Waals surface area contributed by atoms with Crippen LogP contribution in [0.25, 0.3) is 11.4 Å². The topological polar surface area (TPSA) is 84.7 Å². The molecule has 1 aliphatic heterocycles. The van der Waals surface area contributed by atoms with E-state index in [0.717, 1.165) is 31.5 Å². The summed E-state index contributed by atoms with van der Waals surface area (Å²) >= 11 is 5.85. The lowest BCUT2D eigenvalue weighted by Crippen LogP contribution is -2.46. The zero-order chi connectivity index (χ0) is 15.4. The van der Waals surface area contributed by atoms with Crippen LogP contribution in [-0.4, -0.2) is 45.2 Å². The second-order valence-electron chi connectivity index (χ2n) is 5.26. The number of tetrazole rings is 1. The molecule has 0 aliphatic carbocycles. The Morgan fingerprint density at radius 3 is 2.87 bits per heavy atom. The number of halogens is 2. The van der Waals surface area contributed by atoms with E-state index in [4.69, 9.17) is 11.6 Å². The van der Waals surface area contributed by atoms with Gasteiger partial charge in [-0.2, -0.15) is 4.80 Å². The van der Waals surface area contributed by atoms with Crippen molar-refractivity contribution in [3.8, 4) is 11.4 Å². The summed E-state index contributed by atoms with van der Waals surface area (Å²) in [6.45, 7) is 1.89. The molecular weight excluding hydrogens is 339 g/mol. The molecule has 2 aromatic rings. The van der Waals surface area contributed by atoms with Gasteiger partial charge in [-0.3, -0.25) is 4.79 Å². The van der Waals surface area contributed by atoms with Gasteiger partial charge in [-0.15, -0.1) is 22.6 Å². The highest BCUT2D eigenvalue weighted by molar-refractivity contribution is 6.30. The van der Waals surface area contributed by atoms with Gasteiger partial charge in [0.05, 0.1) is 0 Å². The Hall–Kier alpha value is -1.70. The minimum Gasteiger partial charge on any atom is -0.350 e. The maximum atomic E-state index is 12.0. The summed E-state index contributed by atoms with van der Waals surface area (Å²) in [5.74, 6) is 0.373. The van der Waals surface area contributed by atoms with E-state index in [9.17, 15) is 4.79 Å². The molecule has 0 unspecified atom stereocenters. The Kier molecular flexibility index (Phi) is 6.32. The van der Waals surface area contributed by atoms with Gasteiger partial charge in [-0.25, -0.2) is 0 Å². The maximum absolute atomic E-state index is 12.0. The Morgan fingerprint density at radius 2 is 2.17 bits per heavy atom. The Morgan fingerprint density at radius 1 is 1.39 bits per heavy atom. The lowest BCUT2D eigenvalue weighted by Gasteiger charge is -2.23. The van der Waals surface area contributed by atoms with Gasteiger partial charge in [-0.05, 0) is 48.9 Å². The molecule has 0 spiro atoms. The monoisotopic (exact) mass is 356 g/mol. The van der Waals surface area contributed by atoms with Crippen LogP contribution in [0.4, 0.5) is 0 Å². The van der Waals surface area contributed by atoms with Crippen LogP contribution in [0.2, 0.25) is 5.02 Å². The van der Waals surface area contributed by atoms with Crippen molar-refractivity contribution in [3.63, 3.8) is 0 Å². The van der Waals surface area contributed by atoms with E-state index in [2.05, 4.69) is 26.0 Å². The highest BCUT2D eigenvalue weighted by Crippen LogP contribution is 2.16. The van der Waals surface area contributed by atoms with Crippen molar-refractivity contribution in [3.05, 3.63) is 29.3 Å². The van der Waals surface area contributed by atoms with E-state index in [1.165, 1.54) is 4.80 Å². The SMILES string of the molecule is Cl.O=C(Cn1nnc(-c2ccc(Cl)cc2)n1)N[C@H]1CCCNC1. The Balaban J connectivity index is 0.00000192. The van der Waals surface area contributed by atoms with Gasteiger partial charge in [0.15, 0.2) is 0 Å². The Bertz CT molecular complexity index is 639. The third-order valence-electron chi connectivity index (χ3n) is 3.50. The number of hydrogen-bond donors (Lipinski definition) is 2. The fraction of sp³-hybridized carbons (Fsp3) is 0.429. The predicted octanol–water partition coefficient (Wildman–Crippen LogP) is 1.28. The molecule has 1 aliphatic rings. The summed E-state index contributed by atoms with van der Waals surface area (Å²) in [6.07, 6.45) is 2.08. The highest BCUT2D eigenvalue weighted by Gasteiger charge is 2.16. The van der Waals surface area contributed by atoms with Crippen molar-refractivity contribution in [2.45, 2.75) is 25.4 Å². The second kappa shape index (κ2) is 8.24. The summed E-state index contributed by atoms with van der Waals surface area (Å²) in [5, 5.41) is 19.0. The molecule has 7 nitrogen and oxygen atoms in total. The average molecular weight is 357 g/mol. The smallest absolute Gasteiger partial charge is 0.243 e. The molecule has 1 amide bonds. The van der Waals surface area contributed by atoms with Gasteiger partial charge in [0, 0.05) is 23.2 Å². The van der Waals surface area contributed by atoms with Crippen molar-refractivity contribution >= 4 is 29.9 Å². The normalized spacial score (nSPS) is 17.3. The quantitative estimate of drug-likeness (QED) is 0.861. The summed E-state index contributed by atoms with van der Waals surface area (Å²) in [7, 11) is 0. The number of hydrogen-bond acceptors (Lipinski definition) is 5. The first kappa shape index (κ1) is 17.7. The van der Waals surface area contributed by atoms with E-state index in [0.29, 0.717) is 10.8 Å². The number of nitrogens with one attached hydrogen (secondary N) is 2. The number of aromatic nitrogens is 4. The predicted molar refractivity (Wildman–Crippen MR) is 89.5 cm³/mol. The van der Waals surface area contributed by atoms with Crippen molar-refractivity contribution in [1.82, 2.24) is 30.8 Å². The molecule has 1 aromatic carbocycles. The van der Waals surface area contributed by atoms with Crippen molar-refractivity contribution < 1.29 is 4.79 Å². The highest BCUT2D eigenvalue weighted by atomic mass is 35.5. The molecule has 124 valence electrons. The van der Waals surface area contributed by atoms with Gasteiger partial charge in [0.25, 0.3) is 0 Å². The molecule has 2 heterocycles. The first-order valence-electron chi connectivity index (χ1n) is 7.24. The maximum Gasteiger partial charge on any atom is 0.243 e. The molecule has 3 rings (SSSR count). The molecule has 1 atom stereocenters. The standard InChI is InChI=1S/C14H17ClN6O.ClH/c15-11-5-3-10(4-6-11)14-18-20-21(19-14)9-13(22)17-12-2-1-7-16-8-12;/h3-6,12,16H,1-2,7-9H2,(H,17,22);1H/t12-;/m0./s1. The molecule has 1 saturated heterocycles. The first-order valence-corrected chi connectivity index (χ1v) is 7.62.